The fourth-order valence-electron chi connectivity index (χ4n) is 2.48. The lowest BCUT2D eigenvalue weighted by Gasteiger charge is -2.39. The van der Waals surface area contributed by atoms with Crippen molar-refractivity contribution >= 4 is 11.8 Å². The molecule has 1 unspecified atom stereocenters. The first-order chi connectivity index (χ1) is 9.53. The van der Waals surface area contributed by atoms with Gasteiger partial charge in [0.1, 0.15) is 5.82 Å². The Hall–Kier alpha value is -1.69. The third-order valence-corrected chi connectivity index (χ3v) is 3.85. The highest BCUT2D eigenvalue weighted by atomic mass is 16.5. The van der Waals surface area contributed by atoms with Crippen LogP contribution in [-0.4, -0.2) is 42.2 Å². The minimum Gasteiger partial charge on any atom is -0.464 e. The highest BCUT2D eigenvalue weighted by Gasteiger charge is 2.31. The van der Waals surface area contributed by atoms with E-state index >= 15 is 0 Å². The molecule has 6 heteroatoms. The number of aromatic nitrogens is 2. The molecule has 0 amide bonds. The van der Waals surface area contributed by atoms with Gasteiger partial charge in [-0.15, -0.1) is 0 Å². The van der Waals surface area contributed by atoms with Crippen molar-refractivity contribution in [3.05, 3.63) is 18.1 Å². The van der Waals surface area contributed by atoms with Gasteiger partial charge in [-0.1, -0.05) is 13.8 Å². The summed E-state index contributed by atoms with van der Waals surface area (Å²) in [6.07, 6.45) is 5.43. The second-order valence-electron chi connectivity index (χ2n) is 5.76. The summed E-state index contributed by atoms with van der Waals surface area (Å²) in [6, 6.07) is 0.375. The predicted molar refractivity (Wildman–Crippen MR) is 76.7 cm³/mol. The standard InChI is InChI=1S/C14H22N4O2/c1-14(2)5-4-6-16-11(14)8-17-12-9-15-7-10(18-12)13(19)20-3/h7,9,11,16H,4-6,8H2,1-3H3,(H,17,18). The van der Waals surface area contributed by atoms with Crippen LogP contribution in [0.25, 0.3) is 0 Å². The van der Waals surface area contributed by atoms with Gasteiger partial charge in [-0.05, 0) is 24.8 Å². The summed E-state index contributed by atoms with van der Waals surface area (Å²) in [5, 5.41) is 6.77. The largest absolute Gasteiger partial charge is 0.464 e. The van der Waals surface area contributed by atoms with Crippen molar-refractivity contribution < 1.29 is 9.53 Å². The molecular formula is C14H22N4O2. The number of hydrogen-bond donors (Lipinski definition) is 2. The Morgan fingerprint density at radius 2 is 2.35 bits per heavy atom. The lowest BCUT2D eigenvalue weighted by Crippen LogP contribution is -2.50. The average molecular weight is 278 g/mol. The van der Waals surface area contributed by atoms with Crippen LogP contribution in [-0.2, 0) is 4.74 Å². The monoisotopic (exact) mass is 278 g/mol. The van der Waals surface area contributed by atoms with Gasteiger partial charge in [0.25, 0.3) is 0 Å². The van der Waals surface area contributed by atoms with Crippen molar-refractivity contribution in [2.45, 2.75) is 32.7 Å². The van der Waals surface area contributed by atoms with Crippen LogP contribution in [0.2, 0.25) is 0 Å². The molecule has 1 aliphatic heterocycles. The van der Waals surface area contributed by atoms with Gasteiger partial charge in [-0.2, -0.15) is 0 Å². The summed E-state index contributed by atoms with van der Waals surface area (Å²) in [7, 11) is 1.33. The van der Waals surface area contributed by atoms with E-state index in [1.807, 2.05) is 0 Å². The zero-order valence-corrected chi connectivity index (χ0v) is 12.3. The normalized spacial score (nSPS) is 21.2. The second-order valence-corrected chi connectivity index (χ2v) is 5.76. The molecule has 1 fully saturated rings. The van der Waals surface area contributed by atoms with Gasteiger partial charge in [0, 0.05) is 12.6 Å². The lowest BCUT2D eigenvalue weighted by molar-refractivity contribution is 0.0593. The Morgan fingerprint density at radius 1 is 1.55 bits per heavy atom. The van der Waals surface area contributed by atoms with E-state index in [1.54, 1.807) is 6.20 Å². The van der Waals surface area contributed by atoms with Crippen molar-refractivity contribution in [2.75, 3.05) is 25.5 Å². The first kappa shape index (κ1) is 14.7. The van der Waals surface area contributed by atoms with Crippen molar-refractivity contribution in [2.24, 2.45) is 5.41 Å². The van der Waals surface area contributed by atoms with Crippen molar-refractivity contribution in [1.82, 2.24) is 15.3 Å². The van der Waals surface area contributed by atoms with Gasteiger partial charge >= 0.3 is 5.97 Å². The summed E-state index contributed by atoms with van der Waals surface area (Å²) in [4.78, 5) is 19.6. The third kappa shape index (κ3) is 3.45. The van der Waals surface area contributed by atoms with Crippen LogP contribution in [0.15, 0.2) is 12.4 Å². The van der Waals surface area contributed by atoms with Gasteiger partial charge in [-0.25, -0.2) is 9.78 Å². The maximum atomic E-state index is 11.4. The van der Waals surface area contributed by atoms with E-state index in [0.29, 0.717) is 11.9 Å². The molecule has 20 heavy (non-hydrogen) atoms. The molecule has 0 aliphatic carbocycles. The molecule has 1 atom stereocenters. The van der Waals surface area contributed by atoms with Crippen molar-refractivity contribution in [1.29, 1.82) is 0 Å². The highest BCUT2D eigenvalue weighted by Crippen LogP contribution is 2.30. The fourth-order valence-corrected chi connectivity index (χ4v) is 2.48. The molecule has 1 saturated heterocycles. The van der Waals surface area contributed by atoms with Crippen LogP contribution >= 0.6 is 0 Å². The number of esters is 1. The number of hydrogen-bond acceptors (Lipinski definition) is 6. The first-order valence-corrected chi connectivity index (χ1v) is 6.90. The Kier molecular flexibility index (Phi) is 4.54. The Balaban J connectivity index is 1.98. The van der Waals surface area contributed by atoms with Crippen molar-refractivity contribution in [3.8, 4) is 0 Å². The molecule has 0 bridgehead atoms. The van der Waals surface area contributed by atoms with Crippen molar-refractivity contribution in [3.63, 3.8) is 0 Å². The van der Waals surface area contributed by atoms with E-state index in [4.69, 9.17) is 0 Å². The molecule has 0 radical (unpaired) electrons. The number of carbonyl (C=O) groups excluding carboxylic acids is 1. The Morgan fingerprint density at radius 3 is 3.05 bits per heavy atom. The molecule has 0 spiro atoms. The quantitative estimate of drug-likeness (QED) is 0.812. The molecule has 2 rings (SSSR count). The number of nitrogens with one attached hydrogen (secondary N) is 2. The van der Waals surface area contributed by atoms with Crippen LogP contribution in [0.5, 0.6) is 0 Å². The molecule has 1 aliphatic rings. The lowest BCUT2D eigenvalue weighted by atomic mass is 9.77. The molecule has 110 valence electrons. The number of ether oxygens (including phenoxy) is 1. The Bertz CT molecular complexity index is 476. The van der Waals surface area contributed by atoms with E-state index in [9.17, 15) is 4.79 Å². The average Bonchev–Trinajstić information content (AvgIpc) is 2.45. The SMILES string of the molecule is COC(=O)c1cncc(NCC2NCCCC2(C)C)n1. The third-order valence-electron chi connectivity index (χ3n) is 3.85. The predicted octanol–water partition coefficient (Wildman–Crippen LogP) is 1.45. The number of rotatable bonds is 4. The van der Waals surface area contributed by atoms with Gasteiger partial charge in [0.15, 0.2) is 5.69 Å². The minimum absolute atomic E-state index is 0.216. The number of anilines is 1. The van der Waals surface area contributed by atoms with E-state index in [0.717, 1.165) is 13.1 Å². The fraction of sp³-hybridized carbons (Fsp3) is 0.643. The van der Waals surface area contributed by atoms with E-state index < -0.39 is 5.97 Å². The molecule has 1 aromatic rings. The number of piperidine rings is 1. The number of carbonyl (C=O) groups is 1. The van der Waals surface area contributed by atoms with Crippen LogP contribution in [0.4, 0.5) is 5.82 Å². The van der Waals surface area contributed by atoms with Gasteiger partial charge in [-0.3, -0.25) is 4.98 Å². The molecule has 0 saturated carbocycles. The van der Waals surface area contributed by atoms with Gasteiger partial charge in [0.05, 0.1) is 19.5 Å². The summed E-state index contributed by atoms with van der Waals surface area (Å²) >= 11 is 0. The molecule has 6 nitrogen and oxygen atoms in total. The topological polar surface area (TPSA) is 76.1 Å². The maximum Gasteiger partial charge on any atom is 0.358 e. The van der Waals surface area contributed by atoms with Gasteiger partial charge in [0.2, 0.25) is 0 Å². The van der Waals surface area contributed by atoms with Crippen LogP contribution in [0, 0.1) is 5.41 Å². The van der Waals surface area contributed by atoms with Crippen LogP contribution in [0.3, 0.4) is 0 Å². The zero-order valence-electron chi connectivity index (χ0n) is 12.3. The van der Waals surface area contributed by atoms with E-state index in [-0.39, 0.29) is 11.1 Å². The molecule has 0 aromatic carbocycles. The van der Waals surface area contributed by atoms with Crippen LogP contribution < -0.4 is 10.6 Å². The molecule has 2 N–H and O–H groups in total. The summed E-state index contributed by atoms with van der Waals surface area (Å²) in [5.74, 6) is 0.119. The number of methoxy groups -OCH3 is 1. The van der Waals surface area contributed by atoms with Crippen LogP contribution in [0.1, 0.15) is 37.2 Å². The minimum atomic E-state index is -0.475. The zero-order chi connectivity index (χ0) is 14.6. The van der Waals surface area contributed by atoms with Gasteiger partial charge < -0.3 is 15.4 Å². The molecular weight excluding hydrogens is 256 g/mol. The van der Waals surface area contributed by atoms with E-state index in [2.05, 4.69) is 39.2 Å². The van der Waals surface area contributed by atoms with E-state index in [1.165, 1.54) is 26.1 Å². The summed E-state index contributed by atoms with van der Waals surface area (Å²) in [6.45, 7) is 6.33. The molecule has 2 heterocycles. The number of nitrogens with zero attached hydrogens (tertiary/aromatic N) is 2. The summed E-state index contributed by atoms with van der Waals surface area (Å²) in [5.41, 5.74) is 0.465. The first-order valence-electron chi connectivity index (χ1n) is 6.90. The second kappa shape index (κ2) is 6.17. The smallest absolute Gasteiger partial charge is 0.358 e. The molecule has 1 aromatic heterocycles. The Labute approximate surface area is 119 Å². The highest BCUT2D eigenvalue weighted by molar-refractivity contribution is 5.87. The maximum absolute atomic E-state index is 11.4. The summed E-state index contributed by atoms with van der Waals surface area (Å²) < 4.78 is 4.64.